The van der Waals surface area contributed by atoms with E-state index in [1.54, 1.807) is 7.05 Å². The number of alkyl halides is 3. The molecule has 0 aromatic rings. The summed E-state index contributed by atoms with van der Waals surface area (Å²) >= 11 is 0. The molecular formula is C10H18F3NO. The van der Waals surface area contributed by atoms with Crippen LogP contribution in [0.5, 0.6) is 0 Å². The van der Waals surface area contributed by atoms with Crippen LogP contribution in [-0.2, 0) is 4.74 Å². The number of nitrogens with one attached hydrogen (secondary N) is 1. The van der Waals surface area contributed by atoms with E-state index in [-0.39, 0.29) is 12.5 Å². The van der Waals surface area contributed by atoms with E-state index in [4.69, 9.17) is 4.74 Å². The Labute approximate surface area is 88.2 Å². The highest BCUT2D eigenvalue weighted by atomic mass is 19.4. The molecule has 1 N–H and O–H groups in total. The molecule has 1 heterocycles. The molecule has 2 unspecified atom stereocenters. The fourth-order valence-corrected chi connectivity index (χ4v) is 1.89. The molecule has 0 aromatic heterocycles. The van der Waals surface area contributed by atoms with Crippen LogP contribution in [0.1, 0.15) is 25.7 Å². The molecule has 1 saturated heterocycles. The van der Waals surface area contributed by atoms with Crippen molar-refractivity contribution < 1.29 is 17.9 Å². The normalized spacial score (nSPS) is 24.4. The summed E-state index contributed by atoms with van der Waals surface area (Å²) in [7, 11) is 1.72. The van der Waals surface area contributed by atoms with Gasteiger partial charge in [-0.1, -0.05) is 0 Å². The van der Waals surface area contributed by atoms with Gasteiger partial charge in [0.05, 0.1) is 0 Å². The number of rotatable bonds is 5. The molecule has 15 heavy (non-hydrogen) atoms. The van der Waals surface area contributed by atoms with Gasteiger partial charge in [-0.3, -0.25) is 0 Å². The zero-order valence-electron chi connectivity index (χ0n) is 8.94. The van der Waals surface area contributed by atoms with Gasteiger partial charge in [0.25, 0.3) is 0 Å². The van der Waals surface area contributed by atoms with E-state index in [0.29, 0.717) is 12.5 Å². The third-order valence-corrected chi connectivity index (χ3v) is 2.83. The smallest absolute Gasteiger partial charge is 0.381 e. The summed E-state index contributed by atoms with van der Waals surface area (Å²) in [6.45, 7) is 1.45. The van der Waals surface area contributed by atoms with Crippen LogP contribution < -0.4 is 5.32 Å². The Bertz CT molecular complexity index is 178. The average Bonchev–Trinajstić information content (AvgIpc) is 2.63. The summed E-state index contributed by atoms with van der Waals surface area (Å²) in [5.74, 6) is 0.427. The van der Waals surface area contributed by atoms with Crippen molar-refractivity contribution >= 4 is 0 Å². The zero-order chi connectivity index (χ0) is 11.3. The Morgan fingerprint density at radius 3 is 2.67 bits per heavy atom. The Balaban J connectivity index is 2.22. The first-order chi connectivity index (χ1) is 7.01. The molecule has 0 radical (unpaired) electrons. The predicted octanol–water partition coefficient (Wildman–Crippen LogP) is 2.34. The molecule has 0 spiro atoms. The van der Waals surface area contributed by atoms with E-state index in [1.807, 2.05) is 0 Å². The number of hydrogen-bond acceptors (Lipinski definition) is 2. The second kappa shape index (κ2) is 5.70. The summed E-state index contributed by atoms with van der Waals surface area (Å²) in [6.07, 6.45) is -2.82. The predicted molar refractivity (Wildman–Crippen MR) is 51.7 cm³/mol. The minimum absolute atomic E-state index is 0.0432. The molecule has 2 atom stereocenters. The minimum Gasteiger partial charge on any atom is -0.381 e. The molecule has 0 aromatic carbocycles. The standard InChI is InChI=1S/C10H18F3NO/c1-14-9(2-4-10(11,12)13)6-8-3-5-15-7-8/h8-9,14H,2-7H2,1H3. The van der Waals surface area contributed by atoms with Gasteiger partial charge in [0.1, 0.15) is 0 Å². The van der Waals surface area contributed by atoms with Gasteiger partial charge < -0.3 is 10.1 Å². The Kier molecular flexibility index (Phi) is 4.86. The molecule has 1 fully saturated rings. The third kappa shape index (κ3) is 5.37. The summed E-state index contributed by atoms with van der Waals surface area (Å²) < 4.78 is 41.2. The average molecular weight is 225 g/mol. The van der Waals surface area contributed by atoms with E-state index in [1.165, 1.54) is 0 Å². The van der Waals surface area contributed by atoms with Crippen molar-refractivity contribution in [3.05, 3.63) is 0 Å². The maximum atomic E-state index is 12.0. The van der Waals surface area contributed by atoms with E-state index in [9.17, 15) is 13.2 Å². The maximum Gasteiger partial charge on any atom is 0.389 e. The Morgan fingerprint density at radius 1 is 1.47 bits per heavy atom. The molecule has 5 heteroatoms. The highest BCUT2D eigenvalue weighted by molar-refractivity contribution is 4.74. The van der Waals surface area contributed by atoms with Gasteiger partial charge in [0, 0.05) is 25.7 Å². The molecule has 1 rings (SSSR count). The van der Waals surface area contributed by atoms with Crippen molar-refractivity contribution in [1.29, 1.82) is 0 Å². The summed E-state index contributed by atoms with van der Waals surface area (Å²) in [4.78, 5) is 0. The van der Waals surface area contributed by atoms with Crippen LogP contribution in [0.4, 0.5) is 13.2 Å². The van der Waals surface area contributed by atoms with Crippen molar-refractivity contribution in [3.8, 4) is 0 Å². The lowest BCUT2D eigenvalue weighted by Crippen LogP contribution is -2.29. The van der Waals surface area contributed by atoms with Crippen molar-refractivity contribution in [1.82, 2.24) is 5.32 Å². The lowest BCUT2D eigenvalue weighted by atomic mass is 9.96. The minimum atomic E-state index is -4.04. The molecular weight excluding hydrogens is 207 g/mol. The van der Waals surface area contributed by atoms with Crippen molar-refractivity contribution in [2.45, 2.75) is 37.9 Å². The molecule has 0 aliphatic carbocycles. The van der Waals surface area contributed by atoms with Crippen LogP contribution >= 0.6 is 0 Å². The first kappa shape index (κ1) is 12.8. The van der Waals surface area contributed by atoms with Crippen LogP contribution in [0.3, 0.4) is 0 Å². The van der Waals surface area contributed by atoms with Crippen LogP contribution in [0.2, 0.25) is 0 Å². The van der Waals surface area contributed by atoms with Gasteiger partial charge in [0.15, 0.2) is 0 Å². The van der Waals surface area contributed by atoms with Gasteiger partial charge in [-0.25, -0.2) is 0 Å². The van der Waals surface area contributed by atoms with Gasteiger partial charge in [-0.15, -0.1) is 0 Å². The lowest BCUT2D eigenvalue weighted by molar-refractivity contribution is -0.136. The summed E-state index contributed by atoms with van der Waals surface area (Å²) in [5.41, 5.74) is 0. The molecule has 0 saturated carbocycles. The van der Waals surface area contributed by atoms with Gasteiger partial charge in [-0.2, -0.15) is 13.2 Å². The second-order valence-corrected chi connectivity index (χ2v) is 4.10. The fourth-order valence-electron chi connectivity index (χ4n) is 1.89. The molecule has 0 amide bonds. The van der Waals surface area contributed by atoms with E-state index in [2.05, 4.69) is 5.32 Å². The summed E-state index contributed by atoms with van der Waals surface area (Å²) in [6, 6.07) is -0.0432. The number of ether oxygens (including phenoxy) is 1. The number of halogens is 3. The van der Waals surface area contributed by atoms with Crippen molar-refractivity contribution in [3.63, 3.8) is 0 Å². The van der Waals surface area contributed by atoms with Gasteiger partial charge in [0.2, 0.25) is 0 Å². The number of hydrogen-bond donors (Lipinski definition) is 1. The van der Waals surface area contributed by atoms with E-state index < -0.39 is 12.6 Å². The van der Waals surface area contributed by atoms with Crippen molar-refractivity contribution in [2.75, 3.05) is 20.3 Å². The topological polar surface area (TPSA) is 21.3 Å². The molecule has 1 aliphatic heterocycles. The van der Waals surface area contributed by atoms with Crippen LogP contribution in [0, 0.1) is 5.92 Å². The van der Waals surface area contributed by atoms with E-state index in [0.717, 1.165) is 19.4 Å². The Hall–Kier alpha value is -0.290. The zero-order valence-corrected chi connectivity index (χ0v) is 8.94. The van der Waals surface area contributed by atoms with E-state index >= 15 is 0 Å². The fraction of sp³-hybridized carbons (Fsp3) is 1.00. The van der Waals surface area contributed by atoms with Crippen LogP contribution in [-0.4, -0.2) is 32.5 Å². The molecule has 90 valence electrons. The van der Waals surface area contributed by atoms with Crippen LogP contribution in [0.25, 0.3) is 0 Å². The second-order valence-electron chi connectivity index (χ2n) is 4.10. The molecule has 2 nitrogen and oxygen atoms in total. The van der Waals surface area contributed by atoms with Crippen molar-refractivity contribution in [2.24, 2.45) is 5.92 Å². The largest absolute Gasteiger partial charge is 0.389 e. The third-order valence-electron chi connectivity index (χ3n) is 2.83. The summed E-state index contributed by atoms with van der Waals surface area (Å²) in [5, 5.41) is 2.95. The Morgan fingerprint density at radius 2 is 2.20 bits per heavy atom. The monoisotopic (exact) mass is 225 g/mol. The highest BCUT2D eigenvalue weighted by Crippen LogP contribution is 2.25. The highest BCUT2D eigenvalue weighted by Gasteiger charge is 2.29. The molecule has 1 aliphatic rings. The maximum absolute atomic E-state index is 12.0. The quantitative estimate of drug-likeness (QED) is 0.775. The first-order valence-electron chi connectivity index (χ1n) is 5.33. The SMILES string of the molecule is CNC(CCC(F)(F)F)CC1CCOC1. The first-order valence-corrected chi connectivity index (χ1v) is 5.33. The van der Waals surface area contributed by atoms with Crippen LogP contribution in [0.15, 0.2) is 0 Å². The lowest BCUT2D eigenvalue weighted by Gasteiger charge is -2.19. The van der Waals surface area contributed by atoms with Gasteiger partial charge in [-0.05, 0) is 32.2 Å². The molecule has 0 bridgehead atoms. The van der Waals surface area contributed by atoms with Gasteiger partial charge >= 0.3 is 6.18 Å².